The van der Waals surface area contributed by atoms with Gasteiger partial charge in [-0.2, -0.15) is 0 Å². The fourth-order valence-corrected chi connectivity index (χ4v) is 1.25. The molecular formula is C13H17N. The topological polar surface area (TPSA) is 12.0 Å². The van der Waals surface area contributed by atoms with Crippen molar-refractivity contribution >= 4 is 0 Å². The highest BCUT2D eigenvalue weighted by Crippen LogP contribution is 2.09. The molecule has 0 aromatic heterocycles. The molecule has 0 radical (unpaired) electrons. The van der Waals surface area contributed by atoms with E-state index in [1.54, 1.807) is 0 Å². The van der Waals surface area contributed by atoms with E-state index in [1.165, 1.54) is 5.56 Å². The van der Waals surface area contributed by atoms with Crippen LogP contribution < -0.4 is 5.32 Å². The summed E-state index contributed by atoms with van der Waals surface area (Å²) in [6, 6.07) is 10.8. The first kappa shape index (κ1) is 10.8. The van der Waals surface area contributed by atoms with Crippen molar-refractivity contribution in [1.82, 2.24) is 5.32 Å². The predicted molar refractivity (Wildman–Crippen MR) is 60.9 cm³/mol. The first-order valence-corrected chi connectivity index (χ1v) is 5.08. The van der Waals surface area contributed by atoms with Crippen LogP contribution in [0.25, 0.3) is 0 Å². The van der Waals surface area contributed by atoms with E-state index in [4.69, 9.17) is 0 Å². The number of benzene rings is 1. The minimum atomic E-state index is 0.377. The molecule has 14 heavy (non-hydrogen) atoms. The van der Waals surface area contributed by atoms with Crippen molar-refractivity contribution in [3.8, 4) is 11.8 Å². The summed E-state index contributed by atoms with van der Waals surface area (Å²) >= 11 is 0. The molecule has 0 spiro atoms. The largest absolute Gasteiger partial charge is 0.300 e. The Morgan fingerprint density at radius 1 is 1.21 bits per heavy atom. The van der Waals surface area contributed by atoms with E-state index in [9.17, 15) is 0 Å². The van der Waals surface area contributed by atoms with Gasteiger partial charge in [-0.25, -0.2) is 0 Å². The maximum Gasteiger partial charge on any atom is 0.0581 e. The lowest BCUT2D eigenvalue weighted by Gasteiger charge is -2.11. The van der Waals surface area contributed by atoms with Crippen molar-refractivity contribution in [3.05, 3.63) is 35.9 Å². The average molecular weight is 187 g/mol. The van der Waals surface area contributed by atoms with Crippen LogP contribution in [0.5, 0.6) is 0 Å². The minimum absolute atomic E-state index is 0.377. The number of hydrogen-bond donors (Lipinski definition) is 1. The molecule has 0 heterocycles. The Morgan fingerprint density at radius 2 is 1.93 bits per heavy atom. The molecule has 1 nitrogen and oxygen atoms in total. The van der Waals surface area contributed by atoms with E-state index in [-0.39, 0.29) is 0 Å². The van der Waals surface area contributed by atoms with Crippen LogP contribution in [0.4, 0.5) is 0 Å². The van der Waals surface area contributed by atoms with Gasteiger partial charge in [0.05, 0.1) is 6.54 Å². The van der Waals surface area contributed by atoms with Gasteiger partial charge in [-0.1, -0.05) is 43.2 Å². The third-order valence-electron chi connectivity index (χ3n) is 2.10. The van der Waals surface area contributed by atoms with Crippen molar-refractivity contribution in [3.63, 3.8) is 0 Å². The number of rotatable bonds is 3. The Kier molecular flexibility index (Phi) is 4.82. The fourth-order valence-electron chi connectivity index (χ4n) is 1.25. The zero-order valence-electron chi connectivity index (χ0n) is 8.88. The van der Waals surface area contributed by atoms with Gasteiger partial charge in [0.1, 0.15) is 0 Å². The molecule has 1 aromatic rings. The van der Waals surface area contributed by atoms with Gasteiger partial charge in [0.2, 0.25) is 0 Å². The van der Waals surface area contributed by atoms with Crippen LogP contribution in [-0.2, 0) is 0 Å². The summed E-state index contributed by atoms with van der Waals surface area (Å²) in [4.78, 5) is 0. The van der Waals surface area contributed by atoms with E-state index in [1.807, 2.05) is 6.07 Å². The van der Waals surface area contributed by atoms with Crippen LogP contribution in [0.1, 0.15) is 31.9 Å². The Hall–Kier alpha value is -1.26. The molecule has 1 rings (SSSR count). The maximum atomic E-state index is 3.36. The number of hydrogen-bond acceptors (Lipinski definition) is 1. The normalized spacial score (nSPS) is 11.6. The molecule has 0 aliphatic carbocycles. The molecule has 1 aromatic carbocycles. The van der Waals surface area contributed by atoms with Gasteiger partial charge in [-0.05, 0) is 12.5 Å². The minimum Gasteiger partial charge on any atom is -0.300 e. The Bertz CT molecular complexity index is 305. The Balaban J connectivity index is 2.39. The van der Waals surface area contributed by atoms with Crippen LogP contribution in [0, 0.1) is 11.8 Å². The number of nitrogens with one attached hydrogen (secondary N) is 1. The molecule has 0 saturated heterocycles. The molecule has 0 aliphatic heterocycles. The summed E-state index contributed by atoms with van der Waals surface area (Å²) in [5, 5.41) is 3.36. The van der Waals surface area contributed by atoms with E-state index in [0.717, 1.165) is 13.0 Å². The second-order valence-electron chi connectivity index (χ2n) is 3.22. The monoisotopic (exact) mass is 187 g/mol. The molecule has 1 atom stereocenters. The SMILES string of the molecule is CCC#CCNC(C)c1ccccc1. The summed E-state index contributed by atoms with van der Waals surface area (Å²) in [5.41, 5.74) is 1.31. The van der Waals surface area contributed by atoms with Crippen molar-refractivity contribution in [2.45, 2.75) is 26.3 Å². The Labute approximate surface area is 86.5 Å². The van der Waals surface area contributed by atoms with Crippen LogP contribution >= 0.6 is 0 Å². The Morgan fingerprint density at radius 3 is 2.57 bits per heavy atom. The molecule has 0 aliphatic rings. The highest BCUT2D eigenvalue weighted by molar-refractivity contribution is 5.18. The highest BCUT2D eigenvalue weighted by Gasteiger charge is 2.00. The third-order valence-corrected chi connectivity index (χ3v) is 2.10. The molecule has 0 bridgehead atoms. The van der Waals surface area contributed by atoms with E-state index in [0.29, 0.717) is 6.04 Å². The van der Waals surface area contributed by atoms with Gasteiger partial charge in [-0.15, -0.1) is 5.92 Å². The molecule has 74 valence electrons. The summed E-state index contributed by atoms with van der Waals surface area (Å²) < 4.78 is 0. The summed E-state index contributed by atoms with van der Waals surface area (Å²) in [7, 11) is 0. The van der Waals surface area contributed by atoms with Gasteiger partial charge in [-0.3, -0.25) is 5.32 Å². The smallest absolute Gasteiger partial charge is 0.0581 e. The standard InChI is InChI=1S/C13H17N/c1-3-4-8-11-14-12(2)13-9-6-5-7-10-13/h5-7,9-10,12,14H,3,11H2,1-2H3. The van der Waals surface area contributed by atoms with Crippen molar-refractivity contribution in [2.75, 3.05) is 6.54 Å². The van der Waals surface area contributed by atoms with Crippen LogP contribution in [0.2, 0.25) is 0 Å². The lowest BCUT2D eigenvalue weighted by molar-refractivity contribution is 0.623. The molecule has 1 unspecified atom stereocenters. The molecule has 0 amide bonds. The zero-order chi connectivity index (χ0) is 10.2. The zero-order valence-corrected chi connectivity index (χ0v) is 8.88. The van der Waals surface area contributed by atoms with Crippen molar-refractivity contribution in [1.29, 1.82) is 0 Å². The average Bonchev–Trinajstić information content (AvgIpc) is 2.25. The van der Waals surface area contributed by atoms with Crippen LogP contribution in [-0.4, -0.2) is 6.54 Å². The second-order valence-corrected chi connectivity index (χ2v) is 3.22. The van der Waals surface area contributed by atoms with Gasteiger partial charge in [0.15, 0.2) is 0 Å². The van der Waals surface area contributed by atoms with E-state index in [2.05, 4.69) is 55.3 Å². The summed E-state index contributed by atoms with van der Waals surface area (Å²) in [6.45, 7) is 4.99. The fraction of sp³-hybridized carbons (Fsp3) is 0.385. The first-order valence-electron chi connectivity index (χ1n) is 5.08. The maximum absolute atomic E-state index is 3.36. The second kappa shape index (κ2) is 6.23. The molecular weight excluding hydrogens is 170 g/mol. The molecule has 0 saturated carbocycles. The van der Waals surface area contributed by atoms with Crippen molar-refractivity contribution < 1.29 is 0 Å². The predicted octanol–water partition coefficient (Wildman–Crippen LogP) is 2.75. The highest BCUT2D eigenvalue weighted by atomic mass is 14.9. The van der Waals surface area contributed by atoms with Gasteiger partial charge >= 0.3 is 0 Å². The lowest BCUT2D eigenvalue weighted by Crippen LogP contribution is -2.18. The van der Waals surface area contributed by atoms with Crippen molar-refractivity contribution in [2.24, 2.45) is 0 Å². The summed E-state index contributed by atoms with van der Waals surface area (Å²) in [5.74, 6) is 6.12. The van der Waals surface area contributed by atoms with Crippen LogP contribution in [0.15, 0.2) is 30.3 Å². The molecule has 1 N–H and O–H groups in total. The quantitative estimate of drug-likeness (QED) is 0.717. The van der Waals surface area contributed by atoms with Crippen LogP contribution in [0.3, 0.4) is 0 Å². The van der Waals surface area contributed by atoms with E-state index < -0.39 is 0 Å². The van der Waals surface area contributed by atoms with E-state index >= 15 is 0 Å². The molecule has 1 heteroatoms. The lowest BCUT2D eigenvalue weighted by atomic mass is 10.1. The van der Waals surface area contributed by atoms with Gasteiger partial charge in [0.25, 0.3) is 0 Å². The van der Waals surface area contributed by atoms with Gasteiger partial charge < -0.3 is 0 Å². The summed E-state index contributed by atoms with van der Waals surface area (Å²) in [6.07, 6.45) is 0.932. The first-order chi connectivity index (χ1) is 6.84. The third kappa shape index (κ3) is 3.64. The molecule has 0 fully saturated rings. The van der Waals surface area contributed by atoms with Gasteiger partial charge in [0, 0.05) is 12.5 Å².